The molecule has 9 aromatic rings. The molecule has 0 aromatic heterocycles. The zero-order valence-electron chi connectivity index (χ0n) is 41.4. The number of aryl methyl sites for hydroxylation is 2. The first-order valence-electron chi connectivity index (χ1n) is 25.1. The zero-order valence-corrected chi connectivity index (χ0v) is 41.4. The van der Waals surface area contributed by atoms with Crippen molar-refractivity contribution < 1.29 is 9.59 Å². The summed E-state index contributed by atoms with van der Waals surface area (Å²) in [5, 5.41) is 0. The fraction of sp³-hybridized carbons (Fsp3) is 0.0588. The lowest BCUT2D eigenvalue weighted by atomic mass is 10.0. The Hall–Kier alpha value is -9.52. The minimum Gasteiger partial charge on any atom is -0.311 e. The van der Waals surface area contributed by atoms with Crippen molar-refractivity contribution in [3.05, 3.63) is 304 Å². The number of para-hydroxylation sites is 2. The fourth-order valence-corrected chi connectivity index (χ4v) is 9.83. The third-order valence-electron chi connectivity index (χ3n) is 13.6. The molecular weight excluding hydrogens is 905 g/mol. The summed E-state index contributed by atoms with van der Waals surface area (Å²) in [5.74, 6) is -0.436. The van der Waals surface area contributed by atoms with Crippen molar-refractivity contribution in [2.45, 2.75) is 20.4 Å². The van der Waals surface area contributed by atoms with Gasteiger partial charge in [0.25, 0.3) is 11.8 Å². The van der Waals surface area contributed by atoms with Gasteiger partial charge in [0.1, 0.15) is 0 Å². The van der Waals surface area contributed by atoms with Crippen LogP contribution in [0.5, 0.6) is 0 Å². The van der Waals surface area contributed by atoms with Crippen LogP contribution in [-0.4, -0.2) is 28.2 Å². The molecule has 6 heteroatoms. The predicted molar refractivity (Wildman–Crippen MR) is 305 cm³/mol. The largest absolute Gasteiger partial charge is 0.311 e. The molecule has 11 rings (SSSR count). The van der Waals surface area contributed by atoms with Gasteiger partial charge in [0.2, 0.25) is 0 Å². The van der Waals surface area contributed by atoms with Crippen LogP contribution in [0.1, 0.15) is 44.5 Å². The number of hydrogen-bond acceptors (Lipinski definition) is 4. The fourth-order valence-electron chi connectivity index (χ4n) is 9.83. The van der Waals surface area contributed by atoms with Crippen LogP contribution in [0, 0.1) is 13.8 Å². The van der Waals surface area contributed by atoms with Crippen LogP contribution in [0.2, 0.25) is 0 Å². The average molecular weight is 959 g/mol. The van der Waals surface area contributed by atoms with Crippen molar-refractivity contribution in [3.8, 4) is 0 Å². The van der Waals surface area contributed by atoms with Crippen molar-refractivity contribution in [2.75, 3.05) is 16.3 Å². The highest BCUT2D eigenvalue weighted by molar-refractivity contribution is 6.30. The highest BCUT2D eigenvalue weighted by Crippen LogP contribution is 2.48. The SMILES string of the molecule is Cc1ccc(N(c2ccccc2)c2ccc(C3=C4C(=O)N(Cc5ccc(/C=C/c6ccccc6)cc5)C(c5ccc(N(c6ccccc6)c6ccc(C)cc6)cc5)=C4C(=O)N3C/C=C/c3ccccc3)cc2)cc1. The first kappa shape index (κ1) is 46.8. The summed E-state index contributed by atoms with van der Waals surface area (Å²) in [6, 6.07) is 82.7. The number of fused-ring (bicyclic) bond motifs is 1. The highest BCUT2D eigenvalue weighted by atomic mass is 16.2. The van der Waals surface area contributed by atoms with Gasteiger partial charge in [0.15, 0.2) is 0 Å². The zero-order chi connectivity index (χ0) is 50.4. The van der Waals surface area contributed by atoms with E-state index >= 15 is 9.59 Å². The summed E-state index contributed by atoms with van der Waals surface area (Å²) in [6.45, 7) is 4.71. The second-order valence-electron chi connectivity index (χ2n) is 18.7. The standard InChI is InChI=1S/C68H54N4O2/c1-49-25-39-59(40-26-49)71(57-21-11-5-12-22-57)61-43-35-55(36-44-61)65-63-64(67(73)69(65)47-15-20-51-16-7-3-8-17-51)66(70(68(63)74)48-54-33-31-53(32-34-54)30-29-52-18-9-4-10-19-52)56-37-45-62(46-38-56)72(58-23-13-6-14-24-58)60-41-27-50(2)28-42-60/h3-46H,47-48H2,1-2H3/b20-15+,30-29+. The minimum atomic E-state index is -0.218. The molecule has 2 aliphatic heterocycles. The second kappa shape index (κ2) is 21.1. The third kappa shape index (κ3) is 9.77. The summed E-state index contributed by atoms with van der Waals surface area (Å²) in [6.07, 6.45) is 8.22. The first-order chi connectivity index (χ1) is 36.4. The Kier molecular flexibility index (Phi) is 13.3. The van der Waals surface area contributed by atoms with Crippen LogP contribution in [0.15, 0.2) is 260 Å². The van der Waals surface area contributed by atoms with E-state index in [0.29, 0.717) is 22.5 Å². The van der Waals surface area contributed by atoms with Gasteiger partial charge in [-0.3, -0.25) is 9.59 Å². The first-order valence-corrected chi connectivity index (χ1v) is 25.1. The van der Waals surface area contributed by atoms with E-state index in [-0.39, 0.29) is 24.9 Å². The summed E-state index contributed by atoms with van der Waals surface area (Å²) in [5.41, 5.74) is 16.0. The molecule has 0 radical (unpaired) electrons. The highest BCUT2D eigenvalue weighted by Gasteiger charge is 2.48. The summed E-state index contributed by atoms with van der Waals surface area (Å²) < 4.78 is 0. The lowest BCUT2D eigenvalue weighted by Crippen LogP contribution is -2.30. The molecular formula is C68H54N4O2. The van der Waals surface area contributed by atoms with E-state index in [4.69, 9.17) is 0 Å². The third-order valence-corrected chi connectivity index (χ3v) is 13.6. The van der Waals surface area contributed by atoms with Gasteiger partial charge in [-0.1, -0.05) is 205 Å². The number of rotatable bonds is 15. The molecule has 2 heterocycles. The quantitative estimate of drug-likeness (QED) is 0.0961. The van der Waals surface area contributed by atoms with E-state index in [0.717, 1.165) is 67.5 Å². The van der Waals surface area contributed by atoms with Crippen molar-refractivity contribution in [3.63, 3.8) is 0 Å². The minimum absolute atomic E-state index is 0.217. The molecule has 9 aromatic carbocycles. The van der Waals surface area contributed by atoms with E-state index in [1.165, 1.54) is 11.1 Å². The van der Waals surface area contributed by atoms with Crippen LogP contribution < -0.4 is 9.80 Å². The topological polar surface area (TPSA) is 47.1 Å². The number of hydrogen-bond donors (Lipinski definition) is 0. The van der Waals surface area contributed by atoms with Crippen LogP contribution in [0.3, 0.4) is 0 Å². The Morgan fingerprint density at radius 2 is 0.689 bits per heavy atom. The molecule has 0 unspecified atom stereocenters. The molecule has 6 nitrogen and oxygen atoms in total. The van der Waals surface area contributed by atoms with E-state index in [2.05, 4.69) is 169 Å². The maximum atomic E-state index is 15.6. The van der Waals surface area contributed by atoms with Gasteiger partial charge in [-0.25, -0.2) is 0 Å². The van der Waals surface area contributed by atoms with Gasteiger partial charge in [-0.05, 0) is 120 Å². The summed E-state index contributed by atoms with van der Waals surface area (Å²) in [4.78, 5) is 39.2. The van der Waals surface area contributed by atoms with Gasteiger partial charge in [0, 0.05) is 40.7 Å². The lowest BCUT2D eigenvalue weighted by molar-refractivity contribution is -0.124. The van der Waals surface area contributed by atoms with Crippen LogP contribution in [0.25, 0.3) is 29.6 Å². The molecule has 2 aliphatic rings. The number of benzene rings is 9. The number of amides is 2. The van der Waals surface area contributed by atoms with Gasteiger partial charge < -0.3 is 19.6 Å². The van der Waals surface area contributed by atoms with Gasteiger partial charge in [-0.2, -0.15) is 0 Å². The Morgan fingerprint density at radius 1 is 0.351 bits per heavy atom. The number of carbonyl (C=O) groups excluding carboxylic acids is 2. The normalized spacial score (nSPS) is 13.4. The Bertz CT molecular complexity index is 3550. The van der Waals surface area contributed by atoms with E-state index in [9.17, 15) is 0 Å². The molecule has 0 spiro atoms. The predicted octanol–water partition coefficient (Wildman–Crippen LogP) is 16.1. The maximum absolute atomic E-state index is 15.6. The molecule has 0 aliphatic carbocycles. The maximum Gasteiger partial charge on any atom is 0.261 e. The van der Waals surface area contributed by atoms with E-state index in [1.54, 1.807) is 9.80 Å². The second-order valence-corrected chi connectivity index (χ2v) is 18.7. The Labute approximate surface area is 434 Å². The van der Waals surface area contributed by atoms with Gasteiger partial charge in [0.05, 0.1) is 29.1 Å². The smallest absolute Gasteiger partial charge is 0.261 e. The number of carbonyl (C=O) groups is 2. The molecule has 0 saturated heterocycles. The summed E-state index contributed by atoms with van der Waals surface area (Å²) >= 11 is 0. The van der Waals surface area contributed by atoms with E-state index in [1.807, 2.05) is 121 Å². The Morgan fingerprint density at radius 3 is 1.12 bits per heavy atom. The monoisotopic (exact) mass is 958 g/mol. The molecule has 74 heavy (non-hydrogen) atoms. The molecule has 0 atom stereocenters. The van der Waals surface area contributed by atoms with Gasteiger partial charge >= 0.3 is 0 Å². The Balaban J connectivity index is 1.03. The molecule has 0 fully saturated rings. The van der Waals surface area contributed by atoms with Crippen LogP contribution >= 0.6 is 0 Å². The van der Waals surface area contributed by atoms with Gasteiger partial charge in [-0.15, -0.1) is 0 Å². The molecule has 0 saturated carbocycles. The van der Waals surface area contributed by atoms with Crippen molar-refractivity contribution >= 4 is 75.6 Å². The number of anilines is 6. The van der Waals surface area contributed by atoms with Crippen LogP contribution in [-0.2, 0) is 16.1 Å². The molecule has 358 valence electrons. The van der Waals surface area contributed by atoms with Crippen molar-refractivity contribution in [1.29, 1.82) is 0 Å². The van der Waals surface area contributed by atoms with Crippen molar-refractivity contribution in [2.24, 2.45) is 0 Å². The van der Waals surface area contributed by atoms with Crippen molar-refractivity contribution in [1.82, 2.24) is 9.80 Å². The van der Waals surface area contributed by atoms with E-state index < -0.39 is 0 Å². The summed E-state index contributed by atoms with van der Waals surface area (Å²) in [7, 11) is 0. The van der Waals surface area contributed by atoms with Crippen LogP contribution in [0.4, 0.5) is 34.1 Å². The molecule has 0 bridgehead atoms. The molecule has 0 N–H and O–H groups in total. The molecule has 2 amide bonds. The number of nitrogens with zero attached hydrogens (tertiary/aromatic N) is 4. The lowest BCUT2D eigenvalue weighted by Gasteiger charge is -2.27. The average Bonchev–Trinajstić information content (AvgIpc) is 3.89.